The predicted octanol–water partition coefficient (Wildman–Crippen LogP) is 3.81. The zero-order valence-electron chi connectivity index (χ0n) is 11.4. The number of halogens is 1. The molecule has 1 aromatic carbocycles. The summed E-state index contributed by atoms with van der Waals surface area (Å²) in [6, 6.07) is 9.93. The molecule has 1 saturated carbocycles. The SMILES string of the molecule is Cc1ccc(C2CC2C(=O)Nc2ccc(F)c(C#N)c2)s1. The fraction of sp³-hybridized carbons (Fsp3) is 0.250. The number of nitriles is 1. The second-order valence-corrected chi connectivity index (χ2v) is 6.51. The van der Waals surface area contributed by atoms with Crippen LogP contribution < -0.4 is 5.32 Å². The van der Waals surface area contributed by atoms with Crippen molar-refractivity contribution in [3.8, 4) is 6.07 Å². The molecule has 2 atom stereocenters. The normalized spacial score (nSPS) is 19.9. The van der Waals surface area contributed by atoms with Gasteiger partial charge in [-0.05, 0) is 43.7 Å². The predicted molar refractivity (Wildman–Crippen MR) is 79.6 cm³/mol. The molecule has 106 valence electrons. The Labute approximate surface area is 126 Å². The van der Waals surface area contributed by atoms with Gasteiger partial charge in [0.1, 0.15) is 11.9 Å². The lowest BCUT2D eigenvalue weighted by molar-refractivity contribution is -0.117. The first kappa shape index (κ1) is 13.8. The van der Waals surface area contributed by atoms with Crippen molar-refractivity contribution in [2.45, 2.75) is 19.3 Å². The van der Waals surface area contributed by atoms with E-state index >= 15 is 0 Å². The van der Waals surface area contributed by atoms with Gasteiger partial charge in [-0.25, -0.2) is 4.39 Å². The largest absolute Gasteiger partial charge is 0.326 e. The van der Waals surface area contributed by atoms with Gasteiger partial charge in [0.2, 0.25) is 5.91 Å². The minimum atomic E-state index is -0.575. The van der Waals surface area contributed by atoms with Crippen LogP contribution in [0.3, 0.4) is 0 Å². The van der Waals surface area contributed by atoms with Crippen molar-refractivity contribution in [2.24, 2.45) is 5.92 Å². The average molecular weight is 300 g/mol. The summed E-state index contributed by atoms with van der Waals surface area (Å²) in [4.78, 5) is 14.7. The highest BCUT2D eigenvalue weighted by Gasteiger charge is 2.44. The first-order chi connectivity index (χ1) is 10.1. The molecule has 0 saturated heterocycles. The second kappa shape index (κ2) is 5.30. The molecular weight excluding hydrogens is 287 g/mol. The third-order valence-electron chi connectivity index (χ3n) is 3.61. The van der Waals surface area contributed by atoms with E-state index in [1.165, 1.54) is 28.0 Å². The summed E-state index contributed by atoms with van der Waals surface area (Å²) in [7, 11) is 0. The second-order valence-electron chi connectivity index (χ2n) is 5.19. The Kier molecular flexibility index (Phi) is 3.48. The highest BCUT2D eigenvalue weighted by molar-refractivity contribution is 7.12. The van der Waals surface area contributed by atoms with Crippen molar-refractivity contribution in [2.75, 3.05) is 5.32 Å². The van der Waals surface area contributed by atoms with Gasteiger partial charge in [-0.3, -0.25) is 4.79 Å². The van der Waals surface area contributed by atoms with Crippen molar-refractivity contribution in [3.05, 3.63) is 51.5 Å². The van der Waals surface area contributed by atoms with Crippen LogP contribution in [0.25, 0.3) is 0 Å². The Balaban J connectivity index is 1.67. The number of benzene rings is 1. The Bertz CT molecular complexity index is 747. The summed E-state index contributed by atoms with van der Waals surface area (Å²) in [5.41, 5.74) is 0.403. The fourth-order valence-corrected chi connectivity index (χ4v) is 3.43. The smallest absolute Gasteiger partial charge is 0.228 e. The van der Waals surface area contributed by atoms with Crippen LogP contribution in [0.1, 0.15) is 27.7 Å². The van der Waals surface area contributed by atoms with E-state index in [0.29, 0.717) is 11.6 Å². The van der Waals surface area contributed by atoms with E-state index in [1.807, 2.05) is 6.92 Å². The van der Waals surface area contributed by atoms with Crippen molar-refractivity contribution in [1.29, 1.82) is 5.26 Å². The summed E-state index contributed by atoms with van der Waals surface area (Å²) in [6.45, 7) is 2.05. The van der Waals surface area contributed by atoms with Crippen molar-refractivity contribution >= 4 is 22.9 Å². The summed E-state index contributed by atoms with van der Waals surface area (Å²) in [6.07, 6.45) is 0.845. The molecular formula is C16H13FN2OS. The van der Waals surface area contributed by atoms with Gasteiger partial charge in [0.25, 0.3) is 0 Å². The maximum Gasteiger partial charge on any atom is 0.228 e. The maximum atomic E-state index is 13.2. The molecule has 1 amide bonds. The Morgan fingerprint density at radius 1 is 1.43 bits per heavy atom. The van der Waals surface area contributed by atoms with Crippen LogP contribution in [0.4, 0.5) is 10.1 Å². The highest BCUT2D eigenvalue weighted by atomic mass is 32.1. The molecule has 1 aromatic heterocycles. The Morgan fingerprint density at radius 2 is 2.24 bits per heavy atom. The lowest BCUT2D eigenvalue weighted by Crippen LogP contribution is -2.14. The van der Waals surface area contributed by atoms with Crippen LogP contribution >= 0.6 is 11.3 Å². The Morgan fingerprint density at radius 3 is 2.90 bits per heavy atom. The zero-order chi connectivity index (χ0) is 15.0. The quantitative estimate of drug-likeness (QED) is 0.937. The Hall–Kier alpha value is -2.19. The summed E-state index contributed by atoms with van der Waals surface area (Å²) >= 11 is 1.72. The van der Waals surface area contributed by atoms with E-state index in [2.05, 4.69) is 17.4 Å². The van der Waals surface area contributed by atoms with Crippen LogP contribution in [-0.2, 0) is 4.79 Å². The third kappa shape index (κ3) is 2.81. The van der Waals surface area contributed by atoms with Gasteiger partial charge in [-0.1, -0.05) is 0 Å². The summed E-state index contributed by atoms with van der Waals surface area (Å²) in [5, 5.41) is 11.6. The molecule has 3 rings (SSSR count). The van der Waals surface area contributed by atoms with Crippen LogP contribution in [0, 0.1) is 30.0 Å². The van der Waals surface area contributed by atoms with Crippen LogP contribution in [0.15, 0.2) is 30.3 Å². The number of nitrogens with one attached hydrogen (secondary N) is 1. The number of amides is 1. The molecule has 0 bridgehead atoms. The number of carbonyl (C=O) groups is 1. The van der Waals surface area contributed by atoms with Gasteiger partial charge < -0.3 is 5.32 Å². The van der Waals surface area contributed by atoms with Crippen molar-refractivity contribution < 1.29 is 9.18 Å². The number of aryl methyl sites for hydroxylation is 1. The molecule has 5 heteroatoms. The minimum Gasteiger partial charge on any atom is -0.326 e. The molecule has 1 aliphatic rings. The van der Waals surface area contributed by atoms with Gasteiger partial charge in [0.05, 0.1) is 5.56 Å². The molecule has 1 aliphatic carbocycles. The molecule has 2 unspecified atom stereocenters. The molecule has 0 spiro atoms. The van der Waals surface area contributed by atoms with Crippen molar-refractivity contribution in [3.63, 3.8) is 0 Å². The van der Waals surface area contributed by atoms with Gasteiger partial charge >= 0.3 is 0 Å². The summed E-state index contributed by atoms with van der Waals surface area (Å²) in [5.74, 6) is -0.381. The zero-order valence-corrected chi connectivity index (χ0v) is 12.2. The van der Waals surface area contributed by atoms with E-state index in [-0.39, 0.29) is 17.4 Å². The lowest BCUT2D eigenvalue weighted by Gasteiger charge is -2.05. The van der Waals surface area contributed by atoms with Gasteiger partial charge in [0, 0.05) is 27.3 Å². The van der Waals surface area contributed by atoms with E-state index < -0.39 is 5.82 Å². The molecule has 0 radical (unpaired) electrons. The van der Waals surface area contributed by atoms with Gasteiger partial charge in [0.15, 0.2) is 0 Å². The van der Waals surface area contributed by atoms with Crippen LogP contribution in [0.5, 0.6) is 0 Å². The minimum absolute atomic E-state index is 0.0290. The molecule has 1 N–H and O–H groups in total. The number of carbonyl (C=O) groups excluding carboxylic acids is 1. The molecule has 1 heterocycles. The topological polar surface area (TPSA) is 52.9 Å². The van der Waals surface area contributed by atoms with Crippen molar-refractivity contribution in [1.82, 2.24) is 0 Å². The van der Waals surface area contributed by atoms with E-state index in [1.54, 1.807) is 17.4 Å². The maximum absolute atomic E-state index is 13.2. The average Bonchev–Trinajstić information content (AvgIpc) is 3.16. The van der Waals surface area contributed by atoms with E-state index in [0.717, 1.165) is 6.42 Å². The molecule has 1 fully saturated rings. The molecule has 2 aromatic rings. The highest BCUT2D eigenvalue weighted by Crippen LogP contribution is 2.50. The number of rotatable bonds is 3. The number of thiophene rings is 1. The third-order valence-corrected chi connectivity index (χ3v) is 4.74. The molecule has 3 nitrogen and oxygen atoms in total. The van der Waals surface area contributed by atoms with Crippen LogP contribution in [0.2, 0.25) is 0 Å². The van der Waals surface area contributed by atoms with E-state index in [9.17, 15) is 9.18 Å². The van der Waals surface area contributed by atoms with Crippen LogP contribution in [-0.4, -0.2) is 5.91 Å². The first-order valence-electron chi connectivity index (χ1n) is 6.65. The number of anilines is 1. The number of hydrogen-bond donors (Lipinski definition) is 1. The molecule has 21 heavy (non-hydrogen) atoms. The standard InChI is InChI=1S/C16H13FN2OS/c1-9-2-5-15(21-9)12-7-13(12)16(20)19-11-3-4-14(17)10(6-11)8-18/h2-6,12-13H,7H2,1H3,(H,19,20). The summed E-state index contributed by atoms with van der Waals surface area (Å²) < 4.78 is 13.2. The number of nitrogens with zero attached hydrogens (tertiary/aromatic N) is 1. The fourth-order valence-electron chi connectivity index (χ4n) is 2.38. The van der Waals surface area contributed by atoms with E-state index in [4.69, 9.17) is 5.26 Å². The first-order valence-corrected chi connectivity index (χ1v) is 7.47. The van der Waals surface area contributed by atoms with Gasteiger partial charge in [-0.15, -0.1) is 11.3 Å². The monoisotopic (exact) mass is 300 g/mol. The molecule has 0 aliphatic heterocycles. The lowest BCUT2D eigenvalue weighted by atomic mass is 10.2. The van der Waals surface area contributed by atoms with Gasteiger partial charge in [-0.2, -0.15) is 5.26 Å². The number of hydrogen-bond acceptors (Lipinski definition) is 3.